The van der Waals surface area contributed by atoms with Gasteiger partial charge in [0.25, 0.3) is 0 Å². The lowest BCUT2D eigenvalue weighted by Gasteiger charge is -2.14. The molecule has 6 heteroatoms. The van der Waals surface area contributed by atoms with Crippen LogP contribution >= 0.6 is 0 Å². The van der Waals surface area contributed by atoms with Crippen LogP contribution in [0, 0.1) is 0 Å². The van der Waals surface area contributed by atoms with Gasteiger partial charge in [-0.2, -0.15) is 0 Å². The summed E-state index contributed by atoms with van der Waals surface area (Å²) in [5, 5.41) is 9.51. The summed E-state index contributed by atoms with van der Waals surface area (Å²) in [6.07, 6.45) is 14.3. The monoisotopic (exact) mass is 580 g/mol. The van der Waals surface area contributed by atoms with Crippen molar-refractivity contribution < 1.29 is 28.9 Å². The number of unbranched alkanes of at least 4 members (excludes halogenated alkanes) is 5. The Balaban J connectivity index is 0.000000420. The number of carboxylic acids is 1. The summed E-state index contributed by atoms with van der Waals surface area (Å²) in [6, 6.07) is 15.2. The maximum Gasteiger partial charge on any atom is 0.331 e. The number of allylic oxidation sites excluding steroid dienone is 1. The highest BCUT2D eigenvalue weighted by Crippen LogP contribution is 2.27. The molecule has 0 fully saturated rings. The zero-order valence-corrected chi connectivity index (χ0v) is 26.6. The van der Waals surface area contributed by atoms with E-state index < -0.39 is 5.97 Å². The predicted octanol–water partition coefficient (Wildman–Crippen LogP) is 9.52. The largest absolute Gasteiger partial charge is 0.497 e. The van der Waals surface area contributed by atoms with Crippen molar-refractivity contribution in [1.82, 2.24) is 0 Å². The van der Waals surface area contributed by atoms with Crippen molar-refractivity contribution in [3.8, 4) is 11.5 Å². The van der Waals surface area contributed by atoms with Crippen LogP contribution in [-0.2, 0) is 14.3 Å². The molecule has 2 aromatic rings. The lowest BCUT2D eigenvalue weighted by Crippen LogP contribution is -2.15. The maximum absolute atomic E-state index is 11.8. The smallest absolute Gasteiger partial charge is 0.331 e. The summed E-state index contributed by atoms with van der Waals surface area (Å²) in [6.45, 7) is 8.39. The molecule has 0 aliphatic rings. The van der Waals surface area contributed by atoms with Crippen molar-refractivity contribution in [1.29, 1.82) is 0 Å². The molecule has 1 atom stereocenters. The first-order valence-electron chi connectivity index (χ1n) is 15.5. The molecule has 0 saturated carbocycles. The number of carbonyl (C=O) groups is 2. The van der Waals surface area contributed by atoms with Gasteiger partial charge in [-0.1, -0.05) is 84.1 Å². The Labute approximate surface area is 253 Å². The molecular weight excluding hydrogens is 528 g/mol. The molecule has 0 aromatic heterocycles. The second-order valence-corrected chi connectivity index (χ2v) is 10.2. The Morgan fingerprint density at radius 1 is 0.786 bits per heavy atom. The Kier molecular flexibility index (Phi) is 19.2. The Bertz CT molecular complexity index is 1080. The van der Waals surface area contributed by atoms with Crippen molar-refractivity contribution in [3.05, 3.63) is 71.3 Å². The number of benzene rings is 2. The normalized spacial score (nSPS) is 12.1. The molecule has 0 heterocycles. The fourth-order valence-electron chi connectivity index (χ4n) is 4.55. The number of esters is 1. The van der Waals surface area contributed by atoms with Crippen molar-refractivity contribution in [3.63, 3.8) is 0 Å². The number of hydrogen-bond donors (Lipinski definition) is 1. The second-order valence-electron chi connectivity index (χ2n) is 10.2. The standard InChI is InChI=1S/2C18H26O3/c1-4-6-7-8-16(5-2)21-18(19)14-11-15-9-12-17(20-3)13-10-15;1-4-6-7-8-9-17(18(19)20)16(5-2)14-10-12-15(21-3)13-11-14/h9-14,16H,4-8H2,1-3H3;10-13H,4-9H2,1-3H3,(H,19,20). The van der Waals surface area contributed by atoms with Crippen LogP contribution in [0.1, 0.15) is 109 Å². The number of methoxy groups -OCH3 is 2. The molecule has 2 aromatic carbocycles. The van der Waals surface area contributed by atoms with E-state index in [4.69, 9.17) is 14.2 Å². The average Bonchev–Trinajstić information content (AvgIpc) is 3.01. The highest BCUT2D eigenvalue weighted by molar-refractivity contribution is 5.96. The number of rotatable bonds is 18. The second kappa shape index (κ2) is 22.1. The summed E-state index contributed by atoms with van der Waals surface area (Å²) < 4.78 is 15.7. The first-order chi connectivity index (χ1) is 20.3. The van der Waals surface area contributed by atoms with E-state index in [-0.39, 0.29) is 12.1 Å². The topological polar surface area (TPSA) is 82.1 Å². The molecule has 42 heavy (non-hydrogen) atoms. The highest BCUT2D eigenvalue weighted by Gasteiger charge is 2.15. The lowest BCUT2D eigenvalue weighted by molar-refractivity contribution is -0.143. The molecule has 0 amide bonds. The van der Waals surface area contributed by atoms with E-state index in [9.17, 15) is 14.7 Å². The van der Waals surface area contributed by atoms with Gasteiger partial charge in [-0.25, -0.2) is 9.59 Å². The minimum absolute atomic E-state index is 0.0320. The van der Waals surface area contributed by atoms with E-state index in [1.807, 2.05) is 55.5 Å². The molecule has 232 valence electrons. The first kappa shape index (κ1) is 36.5. The molecular formula is C36H52O6. The molecule has 1 N–H and O–H groups in total. The van der Waals surface area contributed by atoms with E-state index >= 15 is 0 Å². The Morgan fingerprint density at radius 3 is 1.86 bits per heavy atom. The van der Waals surface area contributed by atoms with Crippen LogP contribution in [0.25, 0.3) is 11.6 Å². The first-order valence-corrected chi connectivity index (χ1v) is 15.5. The van der Waals surface area contributed by atoms with E-state index in [2.05, 4.69) is 20.8 Å². The van der Waals surface area contributed by atoms with Gasteiger partial charge in [0.1, 0.15) is 17.6 Å². The SMILES string of the molecule is CCCCCC(CC)OC(=O)C=Cc1ccc(OC)cc1.CCCCCCC(C(=O)O)=C(CC)c1ccc(OC)cc1. The number of aliphatic carboxylic acids is 1. The van der Waals surface area contributed by atoms with Crippen LogP contribution in [0.2, 0.25) is 0 Å². The average molecular weight is 581 g/mol. The van der Waals surface area contributed by atoms with E-state index in [1.165, 1.54) is 18.9 Å². The van der Waals surface area contributed by atoms with Gasteiger partial charge < -0.3 is 19.3 Å². The van der Waals surface area contributed by atoms with Crippen molar-refractivity contribution >= 4 is 23.6 Å². The van der Waals surface area contributed by atoms with Gasteiger partial charge in [0.2, 0.25) is 0 Å². The minimum Gasteiger partial charge on any atom is -0.497 e. The van der Waals surface area contributed by atoms with Crippen LogP contribution in [0.5, 0.6) is 11.5 Å². The van der Waals surface area contributed by atoms with Gasteiger partial charge in [0.05, 0.1) is 14.2 Å². The van der Waals surface area contributed by atoms with Crippen molar-refractivity contribution in [2.75, 3.05) is 14.2 Å². The van der Waals surface area contributed by atoms with Crippen molar-refractivity contribution in [2.45, 2.75) is 104 Å². The van der Waals surface area contributed by atoms with Crippen LogP contribution < -0.4 is 9.47 Å². The third kappa shape index (κ3) is 14.4. The summed E-state index contributed by atoms with van der Waals surface area (Å²) in [7, 11) is 3.26. The third-order valence-corrected chi connectivity index (χ3v) is 7.09. The molecule has 0 radical (unpaired) electrons. The Hall–Kier alpha value is -3.54. The number of ether oxygens (including phenoxy) is 3. The quantitative estimate of drug-likeness (QED) is 0.107. The maximum atomic E-state index is 11.8. The molecule has 1 unspecified atom stereocenters. The molecule has 0 bridgehead atoms. The van der Waals surface area contributed by atoms with Crippen LogP contribution in [0.4, 0.5) is 0 Å². The van der Waals surface area contributed by atoms with Gasteiger partial charge in [-0.3, -0.25) is 0 Å². The van der Waals surface area contributed by atoms with Crippen molar-refractivity contribution in [2.24, 2.45) is 0 Å². The number of carbonyl (C=O) groups excluding carboxylic acids is 1. The van der Waals surface area contributed by atoms with E-state index in [1.54, 1.807) is 20.3 Å². The van der Waals surface area contributed by atoms with Gasteiger partial charge in [-0.15, -0.1) is 0 Å². The summed E-state index contributed by atoms with van der Waals surface area (Å²) in [4.78, 5) is 23.4. The summed E-state index contributed by atoms with van der Waals surface area (Å²) in [5.41, 5.74) is 3.42. The molecule has 2 rings (SSSR count). The fraction of sp³-hybridized carbons (Fsp3) is 0.500. The van der Waals surface area contributed by atoms with Gasteiger partial charge in [0.15, 0.2) is 0 Å². The number of hydrogen-bond acceptors (Lipinski definition) is 5. The third-order valence-electron chi connectivity index (χ3n) is 7.09. The molecule has 0 aliphatic heterocycles. The van der Waals surface area contributed by atoms with Gasteiger partial charge in [0, 0.05) is 11.6 Å². The van der Waals surface area contributed by atoms with Crippen LogP contribution in [0.3, 0.4) is 0 Å². The zero-order chi connectivity index (χ0) is 31.2. The van der Waals surface area contributed by atoms with Crippen LogP contribution in [0.15, 0.2) is 60.2 Å². The molecule has 0 spiro atoms. The number of carboxylic acid groups (broad SMARTS) is 1. The minimum atomic E-state index is -0.792. The fourth-order valence-corrected chi connectivity index (χ4v) is 4.55. The van der Waals surface area contributed by atoms with Gasteiger partial charge >= 0.3 is 11.9 Å². The zero-order valence-electron chi connectivity index (χ0n) is 26.6. The van der Waals surface area contributed by atoms with E-state index in [0.717, 1.165) is 79.6 Å². The molecule has 6 nitrogen and oxygen atoms in total. The summed E-state index contributed by atoms with van der Waals surface area (Å²) >= 11 is 0. The lowest BCUT2D eigenvalue weighted by atomic mass is 9.94. The van der Waals surface area contributed by atoms with E-state index in [0.29, 0.717) is 12.0 Å². The molecule has 0 aliphatic carbocycles. The predicted molar refractivity (Wildman–Crippen MR) is 173 cm³/mol. The molecule has 0 saturated heterocycles. The van der Waals surface area contributed by atoms with Crippen LogP contribution in [-0.4, -0.2) is 37.4 Å². The highest BCUT2D eigenvalue weighted by atomic mass is 16.5. The Morgan fingerprint density at radius 2 is 1.36 bits per heavy atom. The summed E-state index contributed by atoms with van der Waals surface area (Å²) in [5.74, 6) is 0.527. The van der Waals surface area contributed by atoms with Gasteiger partial charge in [-0.05, 0) is 85.6 Å².